The summed E-state index contributed by atoms with van der Waals surface area (Å²) in [6.45, 7) is 1.72. The Labute approximate surface area is 202 Å². The number of para-hydroxylation sites is 1. The standard InChI is InChI=1S/C28H24N2O5/c1-19-7-3-6-10-25(19)34-18-27(31)30-29-17-24-23-9-5-4-8-20(23)13-16-26(24)35-28(32)21-11-14-22(33-2)15-12-21/h3-17H,18H2,1-2H3,(H,30,31)/b29-17+. The van der Waals surface area contributed by atoms with Crippen molar-refractivity contribution in [2.45, 2.75) is 6.92 Å². The highest BCUT2D eigenvalue weighted by Crippen LogP contribution is 2.27. The molecule has 0 bridgehead atoms. The van der Waals surface area contributed by atoms with E-state index in [0.717, 1.165) is 16.3 Å². The van der Waals surface area contributed by atoms with Gasteiger partial charge in [-0.3, -0.25) is 4.79 Å². The fourth-order valence-electron chi connectivity index (χ4n) is 3.45. The number of nitrogens with zero attached hydrogens (tertiary/aromatic N) is 1. The van der Waals surface area contributed by atoms with Gasteiger partial charge in [0.05, 0.1) is 18.9 Å². The van der Waals surface area contributed by atoms with Crippen LogP contribution in [0.4, 0.5) is 0 Å². The van der Waals surface area contributed by atoms with Crippen LogP contribution in [-0.4, -0.2) is 31.8 Å². The molecule has 0 aliphatic carbocycles. The van der Waals surface area contributed by atoms with Crippen LogP contribution in [0.25, 0.3) is 10.8 Å². The van der Waals surface area contributed by atoms with E-state index >= 15 is 0 Å². The molecule has 1 amide bonds. The smallest absolute Gasteiger partial charge is 0.343 e. The Morgan fingerprint density at radius 2 is 1.63 bits per heavy atom. The van der Waals surface area contributed by atoms with E-state index in [0.29, 0.717) is 28.4 Å². The van der Waals surface area contributed by atoms with Crippen molar-refractivity contribution in [1.82, 2.24) is 5.43 Å². The van der Waals surface area contributed by atoms with E-state index < -0.39 is 11.9 Å². The van der Waals surface area contributed by atoms with Crippen molar-refractivity contribution in [3.8, 4) is 17.2 Å². The van der Waals surface area contributed by atoms with Gasteiger partial charge in [-0.05, 0) is 59.7 Å². The predicted octanol–water partition coefficient (Wildman–Crippen LogP) is 4.91. The summed E-state index contributed by atoms with van der Waals surface area (Å²) in [5.74, 6) is 0.657. The third kappa shape index (κ3) is 5.83. The molecule has 0 spiro atoms. The number of esters is 1. The van der Waals surface area contributed by atoms with Crippen molar-refractivity contribution in [1.29, 1.82) is 0 Å². The molecule has 0 atom stereocenters. The lowest BCUT2D eigenvalue weighted by Gasteiger charge is -2.11. The maximum absolute atomic E-state index is 12.7. The van der Waals surface area contributed by atoms with E-state index in [1.54, 1.807) is 43.5 Å². The maximum Gasteiger partial charge on any atom is 0.343 e. The van der Waals surface area contributed by atoms with Crippen LogP contribution in [0.3, 0.4) is 0 Å². The number of carbonyl (C=O) groups is 2. The van der Waals surface area contributed by atoms with Crippen LogP contribution >= 0.6 is 0 Å². The highest BCUT2D eigenvalue weighted by atomic mass is 16.5. The molecule has 4 aromatic rings. The molecule has 4 rings (SSSR count). The van der Waals surface area contributed by atoms with E-state index in [1.165, 1.54) is 6.21 Å². The van der Waals surface area contributed by atoms with Crippen molar-refractivity contribution in [2.75, 3.05) is 13.7 Å². The molecule has 1 N–H and O–H groups in total. The molecule has 0 radical (unpaired) electrons. The molecule has 0 heterocycles. The zero-order chi connectivity index (χ0) is 24.6. The first kappa shape index (κ1) is 23.5. The normalized spacial score (nSPS) is 10.8. The molecule has 7 heteroatoms. The quantitative estimate of drug-likeness (QED) is 0.172. The van der Waals surface area contributed by atoms with E-state index in [4.69, 9.17) is 14.2 Å². The summed E-state index contributed by atoms with van der Waals surface area (Å²) in [7, 11) is 1.56. The molecule has 0 unspecified atom stereocenters. The van der Waals surface area contributed by atoms with E-state index in [1.807, 2.05) is 55.5 Å². The Hall–Kier alpha value is -4.65. The van der Waals surface area contributed by atoms with Crippen LogP contribution in [0.5, 0.6) is 17.2 Å². The Kier molecular flexibility index (Phi) is 7.37. The average molecular weight is 469 g/mol. The second-order valence-electron chi connectivity index (χ2n) is 7.66. The molecule has 0 fully saturated rings. The van der Waals surface area contributed by atoms with Crippen LogP contribution in [0.2, 0.25) is 0 Å². The molecule has 176 valence electrons. The van der Waals surface area contributed by atoms with Crippen LogP contribution in [0, 0.1) is 6.92 Å². The van der Waals surface area contributed by atoms with Gasteiger partial charge in [0.15, 0.2) is 6.61 Å². The summed E-state index contributed by atoms with van der Waals surface area (Å²) in [6.07, 6.45) is 1.46. The van der Waals surface area contributed by atoms with Gasteiger partial charge in [0, 0.05) is 5.56 Å². The molecule has 35 heavy (non-hydrogen) atoms. The summed E-state index contributed by atoms with van der Waals surface area (Å²) < 4.78 is 16.4. The lowest BCUT2D eigenvalue weighted by molar-refractivity contribution is -0.123. The van der Waals surface area contributed by atoms with Crippen molar-refractivity contribution < 1.29 is 23.8 Å². The van der Waals surface area contributed by atoms with Gasteiger partial charge in [-0.15, -0.1) is 0 Å². The highest BCUT2D eigenvalue weighted by Gasteiger charge is 2.14. The summed E-state index contributed by atoms with van der Waals surface area (Å²) in [4.78, 5) is 25.0. The molecule has 0 aromatic heterocycles. The second-order valence-corrected chi connectivity index (χ2v) is 7.66. The average Bonchev–Trinajstić information content (AvgIpc) is 2.89. The number of carbonyl (C=O) groups excluding carboxylic acids is 2. The Balaban J connectivity index is 1.50. The maximum atomic E-state index is 12.7. The molecule has 0 saturated heterocycles. The van der Waals surface area contributed by atoms with Gasteiger partial charge in [0.1, 0.15) is 17.2 Å². The van der Waals surface area contributed by atoms with Gasteiger partial charge in [-0.25, -0.2) is 10.2 Å². The van der Waals surface area contributed by atoms with Gasteiger partial charge in [0.25, 0.3) is 5.91 Å². The minimum Gasteiger partial charge on any atom is -0.497 e. The minimum absolute atomic E-state index is 0.183. The summed E-state index contributed by atoms with van der Waals surface area (Å²) in [5.41, 5.74) is 4.33. The van der Waals surface area contributed by atoms with Crippen molar-refractivity contribution in [2.24, 2.45) is 5.10 Å². The van der Waals surface area contributed by atoms with Crippen LogP contribution in [0.1, 0.15) is 21.5 Å². The zero-order valence-electron chi connectivity index (χ0n) is 19.4. The van der Waals surface area contributed by atoms with Crippen LogP contribution in [0.15, 0.2) is 90.0 Å². The van der Waals surface area contributed by atoms with E-state index in [2.05, 4.69) is 10.5 Å². The molecule has 0 saturated carbocycles. The second kappa shape index (κ2) is 11.0. The fraction of sp³-hybridized carbons (Fsp3) is 0.107. The zero-order valence-corrected chi connectivity index (χ0v) is 19.4. The lowest BCUT2D eigenvalue weighted by atomic mass is 10.0. The van der Waals surface area contributed by atoms with E-state index in [-0.39, 0.29) is 6.61 Å². The third-order valence-electron chi connectivity index (χ3n) is 5.29. The number of benzene rings is 4. The number of rotatable bonds is 8. The monoisotopic (exact) mass is 468 g/mol. The first-order chi connectivity index (χ1) is 17.0. The molecular formula is C28H24N2O5. The largest absolute Gasteiger partial charge is 0.497 e. The summed E-state index contributed by atoms with van der Waals surface area (Å²) in [5, 5.41) is 5.84. The topological polar surface area (TPSA) is 86.2 Å². The number of nitrogens with one attached hydrogen (secondary N) is 1. The number of hydrogen-bond acceptors (Lipinski definition) is 6. The Morgan fingerprint density at radius 1 is 0.886 bits per heavy atom. The Bertz CT molecular complexity index is 1380. The van der Waals surface area contributed by atoms with Crippen LogP contribution in [-0.2, 0) is 4.79 Å². The van der Waals surface area contributed by atoms with Crippen LogP contribution < -0.4 is 19.6 Å². The number of fused-ring (bicyclic) bond motifs is 1. The molecular weight excluding hydrogens is 444 g/mol. The lowest BCUT2D eigenvalue weighted by Crippen LogP contribution is -2.24. The number of amides is 1. The number of methoxy groups -OCH3 is 1. The molecule has 0 aliphatic heterocycles. The van der Waals surface area contributed by atoms with Gasteiger partial charge < -0.3 is 14.2 Å². The third-order valence-corrected chi connectivity index (χ3v) is 5.29. The van der Waals surface area contributed by atoms with Gasteiger partial charge >= 0.3 is 5.97 Å². The van der Waals surface area contributed by atoms with Gasteiger partial charge in [-0.1, -0.05) is 48.5 Å². The van der Waals surface area contributed by atoms with E-state index in [9.17, 15) is 9.59 Å². The summed E-state index contributed by atoms with van der Waals surface area (Å²) in [6, 6.07) is 25.3. The molecule has 4 aromatic carbocycles. The first-order valence-corrected chi connectivity index (χ1v) is 10.9. The van der Waals surface area contributed by atoms with Crippen molar-refractivity contribution in [3.63, 3.8) is 0 Å². The van der Waals surface area contributed by atoms with Crippen molar-refractivity contribution in [3.05, 3.63) is 102 Å². The first-order valence-electron chi connectivity index (χ1n) is 10.9. The number of hydrazone groups is 1. The van der Waals surface area contributed by atoms with Gasteiger partial charge in [0.2, 0.25) is 0 Å². The number of aryl methyl sites for hydroxylation is 1. The highest BCUT2D eigenvalue weighted by molar-refractivity contribution is 6.04. The molecule has 0 aliphatic rings. The number of hydrogen-bond donors (Lipinski definition) is 1. The number of ether oxygens (including phenoxy) is 3. The SMILES string of the molecule is COc1ccc(C(=O)Oc2ccc3ccccc3c2/C=N/NC(=O)COc2ccccc2C)cc1. The fourth-order valence-corrected chi connectivity index (χ4v) is 3.45. The van der Waals surface area contributed by atoms with Gasteiger partial charge in [-0.2, -0.15) is 5.10 Å². The van der Waals surface area contributed by atoms with Crippen molar-refractivity contribution >= 4 is 28.9 Å². The predicted molar refractivity (Wildman–Crippen MR) is 134 cm³/mol. The Morgan fingerprint density at radius 3 is 2.40 bits per heavy atom. The molecule has 7 nitrogen and oxygen atoms in total. The minimum atomic E-state index is -0.520. The summed E-state index contributed by atoms with van der Waals surface area (Å²) >= 11 is 0.